The summed E-state index contributed by atoms with van der Waals surface area (Å²) in [6.45, 7) is 44.4. The summed E-state index contributed by atoms with van der Waals surface area (Å²) in [5, 5.41) is 0. The molecule has 36 heteroatoms. The molecule has 0 N–H and O–H groups in total. The molecule has 824 valence electrons. The maximum Gasteiger partial charge on any atom is 0.329 e. The van der Waals surface area contributed by atoms with Gasteiger partial charge in [-0.2, -0.15) is 26.3 Å². The first-order valence-electron chi connectivity index (χ1n) is 51.0. The van der Waals surface area contributed by atoms with Crippen molar-refractivity contribution >= 4 is 86.6 Å². The van der Waals surface area contributed by atoms with Crippen molar-refractivity contribution in [2.75, 3.05) is 41.0 Å². The van der Waals surface area contributed by atoms with Crippen molar-refractivity contribution in [3.63, 3.8) is 0 Å². The van der Waals surface area contributed by atoms with Crippen molar-refractivity contribution in [3.05, 3.63) is 109 Å². The maximum absolute atomic E-state index is 16.1. The topological polar surface area (TPSA) is 351 Å². The number of hydrogen-bond acceptors (Lipinski definition) is 27. The molecule has 3 aromatic carbocycles. The molecule has 3 saturated carbocycles. The first-order chi connectivity index (χ1) is 68.2. The Morgan fingerprint density at radius 1 is 0.517 bits per heavy atom. The Kier molecular flexibility index (Phi) is 39.0. The molecular formula is C113H159F6N9O21. The Balaban J connectivity index is 0.000000246. The molecule has 6 aromatic rings. The molecule has 6 fully saturated rings. The number of rotatable bonds is 20. The number of nitrogens with zero attached hydrogens (tertiary/aromatic N) is 9. The van der Waals surface area contributed by atoms with E-state index in [1.54, 1.807) is 111 Å². The van der Waals surface area contributed by atoms with E-state index in [0.29, 0.717) is 86.6 Å². The van der Waals surface area contributed by atoms with Crippen LogP contribution in [0.5, 0.6) is 34.9 Å². The van der Waals surface area contributed by atoms with Crippen molar-refractivity contribution in [3.8, 4) is 34.9 Å². The molecule has 8 heterocycles. The smallest absolute Gasteiger partial charge is 0.329 e. The van der Waals surface area contributed by atoms with E-state index in [9.17, 15) is 43.2 Å². The first kappa shape index (κ1) is 121. The van der Waals surface area contributed by atoms with Gasteiger partial charge in [0, 0.05) is 42.4 Å². The summed E-state index contributed by atoms with van der Waals surface area (Å²) in [6.07, 6.45) is 7.06. The zero-order chi connectivity index (χ0) is 108. The fourth-order valence-corrected chi connectivity index (χ4v) is 19.9. The predicted octanol–water partition coefficient (Wildman–Crippen LogP) is 22.1. The number of carbonyl (C=O) groups is 9. The number of likely N-dealkylation sites (tertiary alicyclic amines) is 1. The summed E-state index contributed by atoms with van der Waals surface area (Å²) < 4.78 is 164. The van der Waals surface area contributed by atoms with Gasteiger partial charge in [0.15, 0.2) is 17.1 Å². The van der Waals surface area contributed by atoms with E-state index in [4.69, 9.17) is 56.8 Å². The van der Waals surface area contributed by atoms with Crippen LogP contribution in [-0.4, -0.2) is 211 Å². The number of hydrogen-bond donors (Lipinski definition) is 0. The van der Waals surface area contributed by atoms with Gasteiger partial charge in [0.1, 0.15) is 88.8 Å². The van der Waals surface area contributed by atoms with Gasteiger partial charge in [0.25, 0.3) is 5.92 Å². The zero-order valence-corrected chi connectivity index (χ0v) is 88.8. The van der Waals surface area contributed by atoms with E-state index in [1.165, 1.54) is 48.2 Å². The average molecular weight is 2090 g/mol. The van der Waals surface area contributed by atoms with E-state index >= 15 is 26.3 Å². The normalized spacial score (nSPS) is 26.0. The van der Waals surface area contributed by atoms with Gasteiger partial charge >= 0.3 is 47.7 Å². The molecule has 149 heavy (non-hydrogen) atoms. The third-order valence-corrected chi connectivity index (χ3v) is 28.2. The molecule has 8 aliphatic rings. The van der Waals surface area contributed by atoms with Crippen LogP contribution in [0.1, 0.15) is 294 Å². The largest absolute Gasteiger partial charge is 0.497 e. The number of benzene rings is 3. The van der Waals surface area contributed by atoms with Crippen molar-refractivity contribution in [2.24, 2.45) is 69.5 Å². The third-order valence-electron chi connectivity index (χ3n) is 28.2. The van der Waals surface area contributed by atoms with Crippen LogP contribution in [0.3, 0.4) is 0 Å². The molecule has 0 radical (unpaired) electrons. The number of amides is 3. The Bertz CT molecular complexity index is 5820. The highest BCUT2D eigenvalue weighted by Gasteiger charge is 2.59. The molecule has 3 amide bonds. The van der Waals surface area contributed by atoms with Gasteiger partial charge in [-0.15, -0.1) is 6.58 Å². The third kappa shape index (κ3) is 29.9. The molecule has 5 aliphatic heterocycles. The summed E-state index contributed by atoms with van der Waals surface area (Å²) in [5.41, 5.74) is -5.15. The summed E-state index contributed by atoms with van der Waals surface area (Å²) in [5.74, 6) is -19.2. The van der Waals surface area contributed by atoms with E-state index < -0.39 is 212 Å². The second-order valence-electron chi connectivity index (χ2n) is 46.0. The van der Waals surface area contributed by atoms with Gasteiger partial charge < -0.3 is 71.5 Å². The molecule has 0 spiro atoms. The van der Waals surface area contributed by atoms with Gasteiger partial charge in [-0.25, -0.2) is 44.3 Å². The van der Waals surface area contributed by atoms with Crippen molar-refractivity contribution in [1.29, 1.82) is 0 Å². The van der Waals surface area contributed by atoms with Crippen LogP contribution < -0.4 is 28.4 Å². The van der Waals surface area contributed by atoms with Crippen LogP contribution in [-0.2, 0) is 89.3 Å². The number of methoxy groups -OCH3 is 3. The fraction of sp³-hybridized carbons (Fsp3) is 0.655. The predicted molar refractivity (Wildman–Crippen MR) is 552 cm³/mol. The highest BCUT2D eigenvalue weighted by Crippen LogP contribution is 2.51. The Hall–Kier alpha value is -11.5. The monoisotopic (exact) mass is 2090 g/mol. The van der Waals surface area contributed by atoms with Gasteiger partial charge in [0.2, 0.25) is 35.4 Å². The Labute approximate surface area is 873 Å². The number of esters is 6. The number of ether oxygens (including phenoxy) is 12. The highest BCUT2D eigenvalue weighted by molar-refractivity contribution is 5.93. The molecule has 4 bridgehead atoms. The first-order valence-corrected chi connectivity index (χ1v) is 51.0. The number of allylic oxidation sites excluding steroid dienone is 4. The molecule has 3 saturated heterocycles. The van der Waals surface area contributed by atoms with E-state index in [0.717, 1.165) is 25.3 Å². The minimum atomic E-state index is -3.61. The van der Waals surface area contributed by atoms with Crippen LogP contribution >= 0.6 is 0 Å². The summed E-state index contributed by atoms with van der Waals surface area (Å²) >= 11 is 0. The Morgan fingerprint density at radius 3 is 1.38 bits per heavy atom. The molecule has 14 rings (SSSR count). The number of fused-ring (bicyclic) bond motifs is 11. The quantitative estimate of drug-likeness (QED) is 0.0296. The number of alkyl halides is 6. The van der Waals surface area contributed by atoms with Crippen molar-refractivity contribution in [1.82, 2.24) is 44.6 Å². The van der Waals surface area contributed by atoms with E-state index in [2.05, 4.69) is 43.1 Å². The minimum absolute atomic E-state index is 0. The molecule has 3 aliphatic carbocycles. The summed E-state index contributed by atoms with van der Waals surface area (Å²) in [4.78, 5) is 155. The summed E-state index contributed by atoms with van der Waals surface area (Å²) in [6, 6.07) is 10.9. The lowest BCUT2D eigenvalue weighted by Crippen LogP contribution is -2.50. The van der Waals surface area contributed by atoms with Crippen LogP contribution in [0.15, 0.2) is 92.1 Å². The van der Waals surface area contributed by atoms with Crippen LogP contribution in [0.4, 0.5) is 26.3 Å². The lowest BCUT2D eigenvalue weighted by molar-refractivity contribution is -0.167. The second kappa shape index (κ2) is 48.0. The molecule has 0 unspecified atom stereocenters. The highest BCUT2D eigenvalue weighted by atomic mass is 19.3. The van der Waals surface area contributed by atoms with E-state index in [1.807, 2.05) is 89.2 Å². The SMILES string of the molecule is C.C.C.C=CCC[C@@H]1C[C@H]1OC(=O)C[C@H](C(=O)N1C[C@H](Oc2nc3cc(OC)ccc3nc2C(F)(F)C=C)[C@@H](CC)[C@H]1C(=O)OC(C)(C)C)C(C)(C)C.CC[C@@H]1[C@@H]2CN(C(=O)[C@H](C(C)(C)C)CC(=O)O[C@@H]3C[C@H]3CC/C=C/C(F)(F)c3nc4ccc(OC)cc4nc3O2)[C@@H]1C(=O)OC(C)(C)C.CC[C@@H]1[C@@H]2CN(C(=O)[C@H](C(C)(C)C)CC(=O)O[C@@H]3C[C@H]3CCCCC(F)(F)c3nc4ccc(OC)cc4nc3O2)[C@@H]1C(=O)OC(C)(C)C. The second-order valence-corrected chi connectivity index (χ2v) is 46.0. The molecule has 3 aromatic heterocycles. The fourth-order valence-electron chi connectivity index (χ4n) is 19.9. The van der Waals surface area contributed by atoms with E-state index in [-0.39, 0.29) is 137 Å². The number of aromatic nitrogens is 6. The standard InChI is InChI=1S/C38H51F2N3O7.C36H49F2N3O7.C36H47F2N3O7.3CH4/c1-11-14-15-22-18-28(22)48-30(44)20-25(36(4,5)6)34(45)43-21-29(24(12-2)31(43)35(46)50-37(7,8)9)49-33-32(38(39,40)13-3)41-26-17-16-23(47-10)19-27(26)42-33;2*1-9-22-27-19-41(29(22)33(44)48-35(5,6)7)32(43)23(34(2,3)4)18-28(42)46-26-16-20(26)12-10-11-15-36(37,38)30-31(47-27)40-25-17-21(45-8)13-14-24(25)39-30;;;/h11,13,16-17,19,22,24-25,28-29,31H,1,3,12,14-15,18,20-21H2,2,4-10H3;13-14,17,20,22-23,26-27,29H,9-12,15-16,18-19H2,1-8H3;11,13-15,17,20,22-23,26-27,29H,9-10,12,16,18-19H2,1-8H3;3*1H4/b;;15-11+;;;/t22-,24-,25-,28-,29+,31+;2*20-,22-,23-,26-,27+,29+;;;/m111.../s1. The molecule has 30 nitrogen and oxygen atoms in total. The van der Waals surface area contributed by atoms with Crippen molar-refractivity contribution in [2.45, 2.75) is 366 Å². The van der Waals surface area contributed by atoms with Crippen LogP contribution in [0.2, 0.25) is 0 Å². The lowest BCUT2D eigenvalue weighted by atomic mass is 9.77. The van der Waals surface area contributed by atoms with Crippen LogP contribution in [0.25, 0.3) is 33.1 Å². The van der Waals surface area contributed by atoms with Gasteiger partial charge in [0.05, 0.1) is 111 Å². The minimum Gasteiger partial charge on any atom is -0.497 e. The zero-order valence-electron chi connectivity index (χ0n) is 88.8. The van der Waals surface area contributed by atoms with Crippen LogP contribution in [0, 0.1) is 69.5 Å². The van der Waals surface area contributed by atoms with Gasteiger partial charge in [-0.3, -0.25) is 28.8 Å². The number of carbonyl (C=O) groups excluding carboxylic acids is 9. The molecular weight excluding hydrogens is 1930 g/mol. The van der Waals surface area contributed by atoms with Crippen molar-refractivity contribution < 1.29 is 126 Å². The average Bonchev–Trinajstić information content (AvgIpc) is 1.74. The van der Waals surface area contributed by atoms with Gasteiger partial charge in [-0.05, 0) is 222 Å². The van der Waals surface area contributed by atoms with Gasteiger partial charge in [-0.1, -0.05) is 131 Å². The Morgan fingerprint density at radius 2 is 0.953 bits per heavy atom. The lowest BCUT2D eigenvalue weighted by Gasteiger charge is -2.35. The molecule has 18 atom stereocenters. The number of halogens is 6. The maximum atomic E-state index is 16.1. The summed E-state index contributed by atoms with van der Waals surface area (Å²) in [7, 11) is 4.45.